The van der Waals surface area contributed by atoms with E-state index in [1.807, 2.05) is 31.5 Å². The molecule has 0 spiro atoms. The van der Waals surface area contributed by atoms with Crippen LogP contribution in [0.5, 0.6) is 5.75 Å². The second-order valence-corrected chi connectivity index (χ2v) is 6.85. The van der Waals surface area contributed by atoms with Gasteiger partial charge in [0.1, 0.15) is 11.9 Å². The molecule has 5 heteroatoms. The molecule has 0 amide bonds. The fourth-order valence-electron chi connectivity index (χ4n) is 2.91. The minimum absolute atomic E-state index is 0.177. The first-order valence-electron chi connectivity index (χ1n) is 10.0. The zero-order chi connectivity index (χ0) is 19.5. The summed E-state index contributed by atoms with van der Waals surface area (Å²) in [5.41, 5.74) is 1.98. The number of carbonyl (C=O) groups is 1. The van der Waals surface area contributed by atoms with E-state index >= 15 is 0 Å². The van der Waals surface area contributed by atoms with Gasteiger partial charge in [0.2, 0.25) is 0 Å². The number of esters is 1. The van der Waals surface area contributed by atoms with Gasteiger partial charge in [-0.1, -0.05) is 39.2 Å². The molecule has 1 atom stereocenters. The van der Waals surface area contributed by atoms with Crippen molar-refractivity contribution in [3.05, 3.63) is 36.2 Å². The first kappa shape index (κ1) is 21.0. The highest BCUT2D eigenvalue weighted by molar-refractivity contribution is 5.71. The number of hydrogen-bond donors (Lipinski definition) is 0. The SMILES string of the molecule is CCCCCCOc1cccc(N2C=C(CC(C)OC(=O)CC)N=CC2)c1. The van der Waals surface area contributed by atoms with Gasteiger partial charge in [0.25, 0.3) is 0 Å². The average Bonchev–Trinajstić information content (AvgIpc) is 2.68. The zero-order valence-corrected chi connectivity index (χ0v) is 16.8. The first-order chi connectivity index (χ1) is 13.1. The highest BCUT2D eigenvalue weighted by Crippen LogP contribution is 2.24. The number of nitrogens with zero attached hydrogens (tertiary/aromatic N) is 2. The summed E-state index contributed by atoms with van der Waals surface area (Å²) in [6.07, 6.45) is 9.53. The number of hydrogen-bond acceptors (Lipinski definition) is 5. The topological polar surface area (TPSA) is 51.1 Å². The summed E-state index contributed by atoms with van der Waals surface area (Å²) in [6.45, 7) is 7.38. The van der Waals surface area contributed by atoms with Crippen molar-refractivity contribution in [3.63, 3.8) is 0 Å². The molecule has 0 saturated heterocycles. The van der Waals surface area contributed by atoms with E-state index in [-0.39, 0.29) is 12.1 Å². The zero-order valence-electron chi connectivity index (χ0n) is 16.8. The van der Waals surface area contributed by atoms with Gasteiger partial charge < -0.3 is 14.4 Å². The minimum atomic E-state index is -0.182. The fourth-order valence-corrected chi connectivity index (χ4v) is 2.91. The lowest BCUT2D eigenvalue weighted by molar-refractivity contribution is -0.147. The Morgan fingerprint density at radius 1 is 1.26 bits per heavy atom. The van der Waals surface area contributed by atoms with Crippen molar-refractivity contribution in [2.24, 2.45) is 4.99 Å². The van der Waals surface area contributed by atoms with Crippen LogP contribution < -0.4 is 9.64 Å². The van der Waals surface area contributed by atoms with E-state index in [0.717, 1.165) is 30.2 Å². The first-order valence-corrected chi connectivity index (χ1v) is 10.0. The highest BCUT2D eigenvalue weighted by atomic mass is 16.5. The van der Waals surface area contributed by atoms with Crippen molar-refractivity contribution in [3.8, 4) is 5.75 Å². The van der Waals surface area contributed by atoms with Crippen LogP contribution >= 0.6 is 0 Å². The Morgan fingerprint density at radius 2 is 2.11 bits per heavy atom. The van der Waals surface area contributed by atoms with Crippen LogP contribution in [0, 0.1) is 0 Å². The van der Waals surface area contributed by atoms with E-state index in [4.69, 9.17) is 9.47 Å². The summed E-state index contributed by atoms with van der Waals surface area (Å²) < 4.78 is 11.2. The summed E-state index contributed by atoms with van der Waals surface area (Å²) in [5.74, 6) is 0.718. The van der Waals surface area contributed by atoms with E-state index in [1.165, 1.54) is 19.3 Å². The predicted molar refractivity (Wildman–Crippen MR) is 110 cm³/mol. The Kier molecular flexibility index (Phi) is 8.89. The molecule has 0 N–H and O–H groups in total. The van der Waals surface area contributed by atoms with Gasteiger partial charge in [-0.15, -0.1) is 0 Å². The second-order valence-electron chi connectivity index (χ2n) is 6.85. The molecule has 27 heavy (non-hydrogen) atoms. The van der Waals surface area contributed by atoms with Crippen molar-refractivity contribution in [2.45, 2.75) is 65.4 Å². The molecule has 1 aliphatic heterocycles. The van der Waals surface area contributed by atoms with E-state index in [2.05, 4.69) is 28.9 Å². The number of aliphatic imine (C=N–C) groups is 1. The number of benzene rings is 1. The van der Waals surface area contributed by atoms with Crippen molar-refractivity contribution in [1.82, 2.24) is 0 Å². The Bertz CT molecular complexity index is 655. The van der Waals surface area contributed by atoms with Gasteiger partial charge in [-0.3, -0.25) is 9.79 Å². The molecular formula is C22H32N2O3. The third-order valence-electron chi connectivity index (χ3n) is 4.37. The van der Waals surface area contributed by atoms with Crippen molar-refractivity contribution < 1.29 is 14.3 Å². The molecule has 2 rings (SSSR count). The maximum atomic E-state index is 11.4. The van der Waals surface area contributed by atoms with E-state index < -0.39 is 0 Å². The summed E-state index contributed by atoms with van der Waals surface area (Å²) in [5, 5.41) is 0. The Labute approximate surface area is 163 Å². The highest BCUT2D eigenvalue weighted by Gasteiger charge is 2.14. The fraction of sp³-hybridized carbons (Fsp3) is 0.545. The summed E-state index contributed by atoms with van der Waals surface area (Å²) >= 11 is 0. The lowest BCUT2D eigenvalue weighted by atomic mass is 10.2. The van der Waals surface area contributed by atoms with Gasteiger partial charge in [0, 0.05) is 37.0 Å². The molecule has 0 saturated carbocycles. The van der Waals surface area contributed by atoms with Crippen molar-refractivity contribution in [2.75, 3.05) is 18.1 Å². The Hall–Kier alpha value is -2.30. The average molecular weight is 373 g/mol. The van der Waals surface area contributed by atoms with Crippen molar-refractivity contribution >= 4 is 17.9 Å². The van der Waals surface area contributed by atoms with E-state index in [0.29, 0.717) is 19.4 Å². The number of carbonyl (C=O) groups excluding carboxylic acids is 1. The quantitative estimate of drug-likeness (QED) is 0.400. The smallest absolute Gasteiger partial charge is 0.305 e. The summed E-state index contributed by atoms with van der Waals surface area (Å²) in [6, 6.07) is 8.14. The summed E-state index contributed by atoms with van der Waals surface area (Å²) in [4.78, 5) is 18.0. The maximum Gasteiger partial charge on any atom is 0.305 e. The van der Waals surface area contributed by atoms with Crippen LogP contribution in [-0.2, 0) is 9.53 Å². The van der Waals surface area contributed by atoms with Crippen molar-refractivity contribution in [1.29, 1.82) is 0 Å². The van der Waals surface area contributed by atoms with Gasteiger partial charge in [0.15, 0.2) is 0 Å². The molecule has 1 aromatic rings. The van der Waals surface area contributed by atoms with Gasteiger partial charge in [0.05, 0.1) is 18.8 Å². The predicted octanol–water partition coefficient (Wildman–Crippen LogP) is 5.11. The molecule has 1 aromatic carbocycles. The maximum absolute atomic E-state index is 11.4. The van der Waals surface area contributed by atoms with Gasteiger partial charge in [-0.05, 0) is 25.5 Å². The van der Waals surface area contributed by atoms with E-state index in [9.17, 15) is 4.79 Å². The normalized spacial score (nSPS) is 14.6. The lowest BCUT2D eigenvalue weighted by Gasteiger charge is -2.24. The van der Waals surface area contributed by atoms with Crippen LogP contribution in [0.2, 0.25) is 0 Å². The van der Waals surface area contributed by atoms with Crippen LogP contribution in [-0.4, -0.2) is 31.4 Å². The monoisotopic (exact) mass is 372 g/mol. The molecule has 5 nitrogen and oxygen atoms in total. The number of rotatable bonds is 11. The molecule has 0 bridgehead atoms. The van der Waals surface area contributed by atoms with Crippen LogP contribution in [0.3, 0.4) is 0 Å². The summed E-state index contributed by atoms with van der Waals surface area (Å²) in [7, 11) is 0. The third kappa shape index (κ3) is 7.45. The molecule has 0 aliphatic carbocycles. The molecule has 1 heterocycles. The Morgan fingerprint density at radius 3 is 2.89 bits per heavy atom. The van der Waals surface area contributed by atoms with Gasteiger partial charge in [-0.25, -0.2) is 0 Å². The standard InChI is InChI=1S/C22H32N2O3/c1-4-6-7-8-14-26-21-11-9-10-20(16-21)24-13-12-23-19(17-24)15-18(3)27-22(25)5-2/h9-12,16-18H,4-8,13-15H2,1-3H3. The van der Waals surface area contributed by atoms with Gasteiger partial charge >= 0.3 is 5.97 Å². The van der Waals surface area contributed by atoms with Crippen LogP contribution in [0.15, 0.2) is 41.2 Å². The van der Waals surface area contributed by atoms with Crippen LogP contribution in [0.25, 0.3) is 0 Å². The molecule has 0 aromatic heterocycles. The Balaban J connectivity index is 1.92. The van der Waals surface area contributed by atoms with Gasteiger partial charge in [-0.2, -0.15) is 0 Å². The molecule has 0 radical (unpaired) electrons. The van der Waals surface area contributed by atoms with Crippen LogP contribution in [0.1, 0.15) is 59.3 Å². The second kappa shape index (κ2) is 11.4. The largest absolute Gasteiger partial charge is 0.494 e. The third-order valence-corrected chi connectivity index (χ3v) is 4.37. The molecule has 1 unspecified atom stereocenters. The number of anilines is 1. The molecule has 148 valence electrons. The molecular weight excluding hydrogens is 340 g/mol. The minimum Gasteiger partial charge on any atom is -0.494 e. The number of unbranched alkanes of at least 4 members (excludes halogenated alkanes) is 3. The lowest BCUT2D eigenvalue weighted by Crippen LogP contribution is -2.23. The van der Waals surface area contributed by atoms with Crippen LogP contribution in [0.4, 0.5) is 5.69 Å². The number of ether oxygens (including phenoxy) is 2. The molecule has 1 aliphatic rings. The van der Waals surface area contributed by atoms with E-state index in [1.54, 1.807) is 6.92 Å². The molecule has 0 fully saturated rings.